The van der Waals surface area contributed by atoms with E-state index >= 15 is 0 Å². The van der Waals surface area contributed by atoms with E-state index in [1.165, 1.54) is 22.3 Å². The summed E-state index contributed by atoms with van der Waals surface area (Å²) in [6, 6.07) is 8.12. The average Bonchev–Trinajstić information content (AvgIpc) is 3.12. The van der Waals surface area contributed by atoms with Crippen LogP contribution in [-0.4, -0.2) is 41.9 Å². The normalized spacial score (nSPS) is 31.8. The van der Waals surface area contributed by atoms with Gasteiger partial charge in [-0.15, -0.1) is 12.3 Å². The van der Waals surface area contributed by atoms with Crippen LogP contribution in [0, 0.1) is 29.6 Å². The summed E-state index contributed by atoms with van der Waals surface area (Å²) in [6.07, 6.45) is 12.7. The van der Waals surface area contributed by atoms with Crippen LogP contribution in [0.15, 0.2) is 47.1 Å². The van der Waals surface area contributed by atoms with Crippen LogP contribution in [0.3, 0.4) is 0 Å². The van der Waals surface area contributed by atoms with E-state index < -0.39 is 0 Å². The highest BCUT2D eigenvalue weighted by Gasteiger charge is 2.56. The number of rotatable bonds is 2. The van der Waals surface area contributed by atoms with Crippen molar-refractivity contribution in [2.75, 3.05) is 14.1 Å². The van der Waals surface area contributed by atoms with E-state index in [-0.39, 0.29) is 29.1 Å². The van der Waals surface area contributed by atoms with Gasteiger partial charge in [-0.1, -0.05) is 24.6 Å². The Morgan fingerprint density at radius 1 is 1.12 bits per heavy atom. The number of terminal acetylenes is 1. The molecule has 2 saturated carbocycles. The van der Waals surface area contributed by atoms with Crippen molar-refractivity contribution in [2.24, 2.45) is 17.3 Å². The second kappa shape index (κ2) is 9.55. The number of ketones is 1. The third-order valence-electron chi connectivity index (χ3n) is 8.65. The lowest BCUT2D eigenvalue weighted by Crippen LogP contribution is -2.45. The molecule has 5 rings (SSSR count). The maximum atomic E-state index is 12.4. The van der Waals surface area contributed by atoms with Gasteiger partial charge in [-0.3, -0.25) is 9.59 Å². The summed E-state index contributed by atoms with van der Waals surface area (Å²) in [5.41, 5.74) is 6.10. The lowest BCUT2D eigenvalue weighted by atomic mass is 9.53. The van der Waals surface area contributed by atoms with Gasteiger partial charge in [0.25, 0.3) is 5.91 Å². The molecule has 34 heavy (non-hydrogen) atoms. The lowest BCUT2D eigenvalue weighted by Gasteiger charge is -2.52. The van der Waals surface area contributed by atoms with Crippen LogP contribution in [0.5, 0.6) is 0 Å². The number of benzene rings is 1. The molecule has 1 amide bonds. The predicted molar refractivity (Wildman–Crippen MR) is 135 cm³/mol. The highest BCUT2D eigenvalue weighted by Crippen LogP contribution is 2.63. The summed E-state index contributed by atoms with van der Waals surface area (Å²) in [5.74, 6) is 3.79. The molecule has 4 heteroatoms. The molecule has 180 valence electrons. The molecule has 5 unspecified atom stereocenters. The van der Waals surface area contributed by atoms with Gasteiger partial charge >= 0.3 is 0 Å². The standard InChI is InChI=1S/C27H33NO3.C3H4/c1-27-15-22(16-4-6-17(7-5-16)26(31)28(2)3)25-20-11-9-19(29)14-18(20)8-10-21(25)23(27)12-13-24(27)30;1-3-2/h4-7,14,21-24,30H,8-13,15H2,1-3H3;1H,2H3. The Morgan fingerprint density at radius 3 is 2.44 bits per heavy atom. The molecule has 0 radical (unpaired) electrons. The van der Waals surface area contributed by atoms with E-state index in [1.807, 2.05) is 18.2 Å². The van der Waals surface area contributed by atoms with Crippen molar-refractivity contribution in [3.63, 3.8) is 0 Å². The van der Waals surface area contributed by atoms with Crippen molar-refractivity contribution in [3.05, 3.63) is 58.2 Å². The highest BCUT2D eigenvalue weighted by atomic mass is 16.3. The van der Waals surface area contributed by atoms with Crippen molar-refractivity contribution >= 4 is 11.7 Å². The van der Waals surface area contributed by atoms with Gasteiger partial charge in [0, 0.05) is 32.0 Å². The van der Waals surface area contributed by atoms with Gasteiger partial charge in [0.15, 0.2) is 5.78 Å². The molecule has 4 aliphatic rings. The maximum absolute atomic E-state index is 12.4. The summed E-state index contributed by atoms with van der Waals surface area (Å²) in [7, 11) is 3.55. The minimum atomic E-state index is -0.244. The minimum absolute atomic E-state index is 0.0158. The number of aliphatic hydroxyl groups is 1. The number of hydrogen-bond acceptors (Lipinski definition) is 3. The zero-order valence-corrected chi connectivity index (χ0v) is 20.9. The van der Waals surface area contributed by atoms with E-state index in [1.54, 1.807) is 25.9 Å². The largest absolute Gasteiger partial charge is 0.393 e. The fourth-order valence-corrected chi connectivity index (χ4v) is 7.05. The lowest BCUT2D eigenvalue weighted by molar-refractivity contribution is -0.114. The first kappa shape index (κ1) is 24.5. The fourth-order valence-electron chi connectivity index (χ4n) is 7.05. The maximum Gasteiger partial charge on any atom is 0.253 e. The molecule has 2 fully saturated rings. The topological polar surface area (TPSA) is 57.6 Å². The van der Waals surface area contributed by atoms with Gasteiger partial charge in [0.05, 0.1) is 6.10 Å². The zero-order chi connectivity index (χ0) is 24.6. The number of carbonyl (C=O) groups excluding carboxylic acids is 2. The van der Waals surface area contributed by atoms with Crippen molar-refractivity contribution < 1.29 is 14.7 Å². The van der Waals surface area contributed by atoms with Gasteiger partial charge in [0.2, 0.25) is 0 Å². The molecule has 4 nitrogen and oxygen atoms in total. The second-order valence-electron chi connectivity index (χ2n) is 10.8. The summed E-state index contributed by atoms with van der Waals surface area (Å²) in [4.78, 5) is 26.1. The number of aliphatic hydroxyl groups excluding tert-OH is 1. The molecular formula is C30H37NO3. The Labute approximate surface area is 204 Å². The molecule has 0 aliphatic heterocycles. The Kier molecular flexibility index (Phi) is 6.87. The molecule has 0 bridgehead atoms. The van der Waals surface area contributed by atoms with Gasteiger partial charge in [0.1, 0.15) is 0 Å². The first-order chi connectivity index (χ1) is 16.2. The number of allylic oxidation sites excluding steroid dienone is 4. The van der Waals surface area contributed by atoms with Crippen molar-refractivity contribution in [1.29, 1.82) is 0 Å². The molecule has 0 saturated heterocycles. The van der Waals surface area contributed by atoms with Crippen LogP contribution in [0.4, 0.5) is 0 Å². The zero-order valence-electron chi connectivity index (χ0n) is 20.9. The molecule has 1 aromatic carbocycles. The molecule has 0 aromatic heterocycles. The Balaban J connectivity index is 0.000000868. The number of hydrogen-bond donors (Lipinski definition) is 1. The van der Waals surface area contributed by atoms with Crippen molar-refractivity contribution in [2.45, 2.75) is 70.8 Å². The van der Waals surface area contributed by atoms with Crippen molar-refractivity contribution in [3.8, 4) is 12.3 Å². The van der Waals surface area contributed by atoms with Crippen LogP contribution < -0.4 is 0 Å². The Morgan fingerprint density at radius 2 is 1.79 bits per heavy atom. The monoisotopic (exact) mass is 459 g/mol. The minimum Gasteiger partial charge on any atom is -0.393 e. The van der Waals surface area contributed by atoms with Crippen LogP contribution >= 0.6 is 0 Å². The Bertz CT molecular complexity index is 1070. The number of nitrogens with zero attached hydrogens (tertiary/aromatic N) is 1. The molecule has 1 aromatic rings. The van der Waals surface area contributed by atoms with Gasteiger partial charge in [-0.05, 0) is 97.6 Å². The van der Waals surface area contributed by atoms with E-state index in [4.69, 9.17) is 0 Å². The van der Waals surface area contributed by atoms with E-state index in [0.29, 0.717) is 23.8 Å². The van der Waals surface area contributed by atoms with E-state index in [9.17, 15) is 14.7 Å². The Hall–Kier alpha value is -2.64. The number of carbonyl (C=O) groups is 2. The molecule has 0 spiro atoms. The van der Waals surface area contributed by atoms with Crippen molar-refractivity contribution in [1.82, 2.24) is 4.90 Å². The molecular weight excluding hydrogens is 422 g/mol. The van der Waals surface area contributed by atoms with Crippen LogP contribution in [0.25, 0.3) is 0 Å². The fraction of sp³-hybridized carbons (Fsp3) is 0.533. The summed E-state index contributed by atoms with van der Waals surface area (Å²) in [5, 5.41) is 11.0. The summed E-state index contributed by atoms with van der Waals surface area (Å²) in [6.45, 7) is 3.95. The smallest absolute Gasteiger partial charge is 0.253 e. The van der Waals surface area contributed by atoms with Gasteiger partial charge < -0.3 is 10.0 Å². The third kappa shape index (κ3) is 4.16. The highest BCUT2D eigenvalue weighted by molar-refractivity contribution is 5.94. The first-order valence-corrected chi connectivity index (χ1v) is 12.5. The van der Waals surface area contributed by atoms with Gasteiger partial charge in [-0.25, -0.2) is 0 Å². The van der Waals surface area contributed by atoms with Gasteiger partial charge in [-0.2, -0.15) is 0 Å². The summed E-state index contributed by atoms with van der Waals surface area (Å²) < 4.78 is 0. The number of amides is 1. The number of fused-ring (bicyclic) bond motifs is 4. The van der Waals surface area contributed by atoms with Crippen LogP contribution in [0.1, 0.15) is 80.6 Å². The van der Waals surface area contributed by atoms with Crippen LogP contribution in [0.2, 0.25) is 0 Å². The molecule has 0 heterocycles. The molecule has 4 aliphatic carbocycles. The van der Waals surface area contributed by atoms with E-state index in [2.05, 4.69) is 31.4 Å². The van der Waals surface area contributed by atoms with E-state index in [0.717, 1.165) is 38.5 Å². The molecule has 1 N–H and O–H groups in total. The third-order valence-corrected chi connectivity index (χ3v) is 8.65. The first-order valence-electron chi connectivity index (χ1n) is 12.5. The van der Waals surface area contributed by atoms with Crippen LogP contribution in [-0.2, 0) is 4.79 Å². The predicted octanol–water partition coefficient (Wildman–Crippen LogP) is 5.29. The summed E-state index contributed by atoms with van der Waals surface area (Å²) >= 11 is 0. The average molecular weight is 460 g/mol. The SMILES string of the molecule is C#CC.CN(C)C(=O)c1ccc(C2CC3(C)C(O)CCC3C3CCC4=CC(=O)CCC4=C23)cc1. The quantitative estimate of drug-likeness (QED) is 0.612. The second-order valence-corrected chi connectivity index (χ2v) is 10.8. The molecule has 5 atom stereocenters.